The summed E-state index contributed by atoms with van der Waals surface area (Å²) in [5, 5.41) is 13.8. The van der Waals surface area contributed by atoms with Crippen molar-refractivity contribution in [2.45, 2.75) is 56.0 Å². The standard InChI is InChI=1S/C23H28N4O2S/c1-22-6-3-7-23(2,18(22)11-19(28)29)14-27(13-22)12-15-4-5-17-16(10-15)26-20-21(30-17)25-9-8-24-20/h4-5,8-10,18H,3,6-7,11-14H2,1-2H3,(H,24,26)(H,28,29). The fraction of sp³-hybridized carbons (Fsp3) is 0.522. The number of carboxylic acids is 1. The van der Waals surface area contributed by atoms with Crippen molar-refractivity contribution in [2.24, 2.45) is 16.7 Å². The Hall–Kier alpha value is -2.12. The lowest BCUT2D eigenvalue weighted by molar-refractivity contribution is -0.150. The first-order valence-corrected chi connectivity index (χ1v) is 11.5. The Morgan fingerprint density at radius 1 is 1.23 bits per heavy atom. The zero-order chi connectivity index (χ0) is 20.9. The summed E-state index contributed by atoms with van der Waals surface area (Å²) in [5.41, 5.74) is 2.50. The van der Waals surface area contributed by atoms with Crippen LogP contribution in [0, 0.1) is 16.7 Å². The number of rotatable bonds is 4. The van der Waals surface area contributed by atoms with Crippen LogP contribution in [0.25, 0.3) is 0 Å². The number of carbonyl (C=O) groups is 1. The number of aliphatic carboxylic acids is 1. The Bertz CT molecular complexity index is 979. The lowest BCUT2D eigenvalue weighted by atomic mass is 9.52. The van der Waals surface area contributed by atoms with Crippen LogP contribution in [-0.4, -0.2) is 39.0 Å². The van der Waals surface area contributed by atoms with Gasteiger partial charge >= 0.3 is 5.97 Å². The molecule has 2 unspecified atom stereocenters. The van der Waals surface area contributed by atoms with Crippen LogP contribution in [0.1, 0.15) is 45.1 Å². The third-order valence-corrected chi connectivity index (χ3v) is 8.37. The molecule has 30 heavy (non-hydrogen) atoms. The molecule has 1 saturated heterocycles. The summed E-state index contributed by atoms with van der Waals surface area (Å²) in [5.74, 6) is 0.412. The predicted molar refractivity (Wildman–Crippen MR) is 117 cm³/mol. The predicted octanol–water partition coefficient (Wildman–Crippen LogP) is 4.79. The van der Waals surface area contributed by atoms with Gasteiger partial charge in [0.1, 0.15) is 5.03 Å². The number of anilines is 2. The number of likely N-dealkylation sites (tertiary alicyclic amines) is 1. The minimum Gasteiger partial charge on any atom is -0.481 e. The van der Waals surface area contributed by atoms with Crippen LogP contribution in [0.15, 0.2) is 40.5 Å². The first-order chi connectivity index (χ1) is 14.3. The first-order valence-electron chi connectivity index (χ1n) is 10.7. The van der Waals surface area contributed by atoms with Crippen LogP contribution >= 0.6 is 11.8 Å². The second-order valence-corrected chi connectivity index (χ2v) is 10.8. The monoisotopic (exact) mass is 424 g/mol. The number of piperidine rings is 1. The van der Waals surface area contributed by atoms with E-state index in [0.717, 1.165) is 49.0 Å². The molecule has 2 N–H and O–H groups in total. The summed E-state index contributed by atoms with van der Waals surface area (Å²) >= 11 is 1.65. The van der Waals surface area contributed by atoms with Crippen molar-refractivity contribution in [1.29, 1.82) is 0 Å². The largest absolute Gasteiger partial charge is 0.481 e. The molecule has 1 saturated carbocycles. The van der Waals surface area contributed by atoms with Crippen molar-refractivity contribution in [3.05, 3.63) is 36.2 Å². The normalized spacial score (nSPS) is 30.1. The molecule has 1 aromatic carbocycles. The molecular weight excluding hydrogens is 396 g/mol. The SMILES string of the molecule is CC12CCCC(C)(CN(Cc3ccc4c(c3)Nc3nccnc3S4)C1)C2CC(=O)O. The van der Waals surface area contributed by atoms with E-state index >= 15 is 0 Å². The number of hydrogen-bond acceptors (Lipinski definition) is 6. The molecule has 0 radical (unpaired) electrons. The van der Waals surface area contributed by atoms with Gasteiger partial charge in [0.2, 0.25) is 0 Å². The fourth-order valence-electron chi connectivity index (χ4n) is 6.16. The van der Waals surface area contributed by atoms with Crippen LogP contribution in [0.2, 0.25) is 0 Å². The summed E-state index contributed by atoms with van der Waals surface area (Å²) in [6.45, 7) is 7.44. The van der Waals surface area contributed by atoms with Gasteiger partial charge in [-0.2, -0.15) is 0 Å². The molecule has 0 spiro atoms. The zero-order valence-corrected chi connectivity index (χ0v) is 18.3. The lowest BCUT2D eigenvalue weighted by Gasteiger charge is -2.59. The van der Waals surface area contributed by atoms with Crippen molar-refractivity contribution >= 4 is 29.2 Å². The van der Waals surface area contributed by atoms with E-state index in [1.54, 1.807) is 24.2 Å². The van der Waals surface area contributed by atoms with Gasteiger partial charge in [0.25, 0.3) is 0 Å². The van der Waals surface area contributed by atoms with Gasteiger partial charge in [0.15, 0.2) is 5.82 Å². The van der Waals surface area contributed by atoms with Crippen molar-refractivity contribution in [3.8, 4) is 0 Å². The maximum Gasteiger partial charge on any atom is 0.303 e. The molecule has 0 amide bonds. The van der Waals surface area contributed by atoms with E-state index in [1.807, 2.05) is 0 Å². The number of nitrogens with zero attached hydrogens (tertiary/aromatic N) is 3. The van der Waals surface area contributed by atoms with E-state index < -0.39 is 5.97 Å². The molecule has 2 atom stereocenters. The molecule has 2 aromatic rings. The highest BCUT2D eigenvalue weighted by Crippen LogP contribution is 2.56. The average molecular weight is 425 g/mol. The average Bonchev–Trinajstić information content (AvgIpc) is 2.68. The van der Waals surface area contributed by atoms with Gasteiger partial charge in [-0.05, 0) is 47.3 Å². The number of nitrogens with one attached hydrogen (secondary N) is 1. The Kier molecular flexibility index (Phi) is 4.78. The van der Waals surface area contributed by atoms with Gasteiger partial charge < -0.3 is 10.4 Å². The van der Waals surface area contributed by atoms with Gasteiger partial charge in [-0.3, -0.25) is 9.69 Å². The smallest absolute Gasteiger partial charge is 0.303 e. The van der Waals surface area contributed by atoms with Gasteiger partial charge in [-0.15, -0.1) is 0 Å². The molecule has 3 aliphatic rings. The van der Waals surface area contributed by atoms with E-state index in [2.05, 4.69) is 52.2 Å². The topological polar surface area (TPSA) is 78.3 Å². The Balaban J connectivity index is 1.36. The molecule has 6 nitrogen and oxygen atoms in total. The Labute approximate surface area is 181 Å². The van der Waals surface area contributed by atoms with Gasteiger partial charge in [0.05, 0.1) is 5.69 Å². The minimum absolute atomic E-state index is 0.0699. The number of fused-ring (bicyclic) bond motifs is 4. The third kappa shape index (κ3) is 3.48. The highest BCUT2D eigenvalue weighted by molar-refractivity contribution is 7.99. The van der Waals surface area contributed by atoms with Crippen molar-refractivity contribution < 1.29 is 9.90 Å². The number of aromatic nitrogens is 2. The molecule has 5 rings (SSSR count). The van der Waals surface area contributed by atoms with Crippen LogP contribution < -0.4 is 5.32 Å². The Morgan fingerprint density at radius 3 is 2.70 bits per heavy atom. The fourth-order valence-corrected chi connectivity index (χ4v) is 7.04. The second-order valence-electron chi connectivity index (χ2n) is 9.72. The van der Waals surface area contributed by atoms with E-state index in [9.17, 15) is 9.90 Å². The van der Waals surface area contributed by atoms with Crippen LogP contribution in [0.3, 0.4) is 0 Å². The van der Waals surface area contributed by atoms with Crippen molar-refractivity contribution in [1.82, 2.24) is 14.9 Å². The Morgan fingerprint density at radius 2 is 1.97 bits per heavy atom. The number of carboxylic acid groups (broad SMARTS) is 1. The first kappa shape index (κ1) is 19.8. The molecule has 2 aliphatic heterocycles. The summed E-state index contributed by atoms with van der Waals surface area (Å²) in [6, 6.07) is 6.60. The van der Waals surface area contributed by atoms with Crippen LogP contribution in [0.5, 0.6) is 0 Å². The summed E-state index contributed by atoms with van der Waals surface area (Å²) in [6.07, 6.45) is 7.17. The molecule has 2 fully saturated rings. The molecule has 1 aliphatic carbocycles. The lowest BCUT2D eigenvalue weighted by Crippen LogP contribution is -2.59. The van der Waals surface area contributed by atoms with Gasteiger partial charge in [-0.25, -0.2) is 9.97 Å². The maximum absolute atomic E-state index is 11.5. The van der Waals surface area contributed by atoms with Crippen LogP contribution in [0.4, 0.5) is 11.5 Å². The van der Waals surface area contributed by atoms with Crippen LogP contribution in [-0.2, 0) is 11.3 Å². The highest BCUT2D eigenvalue weighted by Gasteiger charge is 2.54. The van der Waals surface area contributed by atoms with Crippen molar-refractivity contribution in [2.75, 3.05) is 18.4 Å². The molecule has 7 heteroatoms. The van der Waals surface area contributed by atoms with E-state index in [1.165, 1.54) is 16.9 Å². The van der Waals surface area contributed by atoms with Gasteiger partial charge in [0, 0.05) is 43.3 Å². The number of hydrogen-bond donors (Lipinski definition) is 2. The molecular formula is C23H28N4O2S. The molecule has 2 bridgehead atoms. The van der Waals surface area contributed by atoms with E-state index in [-0.39, 0.29) is 16.7 Å². The summed E-state index contributed by atoms with van der Waals surface area (Å²) in [4.78, 5) is 24.1. The molecule has 158 valence electrons. The van der Waals surface area contributed by atoms with Crippen molar-refractivity contribution in [3.63, 3.8) is 0 Å². The summed E-state index contributed by atoms with van der Waals surface area (Å²) < 4.78 is 0. The zero-order valence-electron chi connectivity index (χ0n) is 17.5. The van der Waals surface area contributed by atoms with E-state index in [4.69, 9.17) is 0 Å². The quantitative estimate of drug-likeness (QED) is 0.623. The molecule has 3 heterocycles. The number of benzene rings is 1. The third-order valence-electron chi connectivity index (χ3n) is 7.30. The highest BCUT2D eigenvalue weighted by atomic mass is 32.2. The summed E-state index contributed by atoms with van der Waals surface area (Å²) in [7, 11) is 0. The maximum atomic E-state index is 11.5. The molecule has 1 aromatic heterocycles. The van der Waals surface area contributed by atoms with E-state index in [0.29, 0.717) is 6.42 Å². The second kappa shape index (κ2) is 7.24. The minimum atomic E-state index is -0.658. The van der Waals surface area contributed by atoms with Gasteiger partial charge in [-0.1, -0.05) is 38.1 Å².